The van der Waals surface area contributed by atoms with Crippen LogP contribution in [0, 0.1) is 0 Å². The van der Waals surface area contributed by atoms with Gasteiger partial charge in [0.05, 0.1) is 13.2 Å². The van der Waals surface area contributed by atoms with Gasteiger partial charge in [0.25, 0.3) is 0 Å². The first-order valence-electron chi connectivity index (χ1n) is 9.13. The molecule has 0 bridgehead atoms. The van der Waals surface area contributed by atoms with Gasteiger partial charge < -0.3 is 19.5 Å². The van der Waals surface area contributed by atoms with E-state index in [1.54, 1.807) is 0 Å². The van der Waals surface area contributed by atoms with Gasteiger partial charge in [-0.3, -0.25) is 0 Å². The van der Waals surface area contributed by atoms with Crippen molar-refractivity contribution in [2.24, 2.45) is 0 Å². The maximum atomic E-state index is 12.1. The summed E-state index contributed by atoms with van der Waals surface area (Å²) in [5.74, 6) is -0.413. The molecule has 1 N–H and O–H groups in total. The van der Waals surface area contributed by atoms with Crippen molar-refractivity contribution in [1.29, 1.82) is 0 Å². The molecule has 5 nitrogen and oxygen atoms in total. The first-order chi connectivity index (χ1) is 11.8. The van der Waals surface area contributed by atoms with Crippen molar-refractivity contribution in [3.05, 3.63) is 35.9 Å². The number of ether oxygens (including phenoxy) is 3. The van der Waals surface area contributed by atoms with Gasteiger partial charge in [-0.2, -0.15) is 0 Å². The Morgan fingerprint density at radius 1 is 1.08 bits per heavy atom. The molecule has 1 spiro atoms. The Bertz CT molecular complexity index is 577. The highest BCUT2D eigenvalue weighted by Gasteiger charge is 2.47. The van der Waals surface area contributed by atoms with Crippen molar-refractivity contribution in [2.45, 2.75) is 63.3 Å². The topological polar surface area (TPSA) is 56.8 Å². The van der Waals surface area contributed by atoms with Crippen LogP contribution in [0.4, 0.5) is 4.79 Å². The Hall–Kier alpha value is -1.59. The maximum absolute atomic E-state index is 12.1. The van der Waals surface area contributed by atoms with Gasteiger partial charge in [0.15, 0.2) is 5.79 Å². The number of hydrogen-bond donors (Lipinski definition) is 1. The minimum absolute atomic E-state index is 0.112. The molecule has 2 fully saturated rings. The number of alkyl carbamates (subject to hydrolysis) is 1. The van der Waals surface area contributed by atoms with Gasteiger partial charge in [-0.05, 0) is 39.2 Å². The number of benzene rings is 1. The predicted molar refractivity (Wildman–Crippen MR) is 95.5 cm³/mol. The van der Waals surface area contributed by atoms with E-state index < -0.39 is 11.4 Å². The molecule has 1 aliphatic heterocycles. The molecular formula is C20H29NO4. The second-order valence-electron chi connectivity index (χ2n) is 8.11. The molecule has 0 unspecified atom stereocenters. The van der Waals surface area contributed by atoms with E-state index in [1.807, 2.05) is 26.8 Å². The van der Waals surface area contributed by atoms with Crippen molar-refractivity contribution in [2.75, 3.05) is 19.8 Å². The summed E-state index contributed by atoms with van der Waals surface area (Å²) in [7, 11) is 0. The smallest absolute Gasteiger partial charge is 0.407 e. The molecule has 1 aromatic rings. The van der Waals surface area contributed by atoms with Crippen LogP contribution in [0.5, 0.6) is 0 Å². The number of carbonyl (C=O) groups is 1. The second kappa shape index (κ2) is 6.96. The SMILES string of the molecule is CC(C)(C)OC(=O)NCC1(c2ccccc2)CCC2(CC1)OCCO2. The third kappa shape index (κ3) is 4.33. The summed E-state index contributed by atoms with van der Waals surface area (Å²) in [6.45, 7) is 7.53. The van der Waals surface area contributed by atoms with Gasteiger partial charge in [-0.1, -0.05) is 30.3 Å². The van der Waals surface area contributed by atoms with E-state index in [9.17, 15) is 4.79 Å². The first kappa shape index (κ1) is 18.2. The Kier molecular flexibility index (Phi) is 5.07. The maximum Gasteiger partial charge on any atom is 0.407 e. The minimum atomic E-state index is -0.494. The van der Waals surface area contributed by atoms with Crippen LogP contribution in [0.1, 0.15) is 52.0 Å². The molecule has 1 saturated carbocycles. The lowest BCUT2D eigenvalue weighted by molar-refractivity contribution is -0.184. The van der Waals surface area contributed by atoms with E-state index in [-0.39, 0.29) is 11.5 Å². The molecule has 0 radical (unpaired) electrons. The largest absolute Gasteiger partial charge is 0.444 e. The Morgan fingerprint density at radius 3 is 2.24 bits per heavy atom. The lowest BCUT2D eigenvalue weighted by atomic mass is 9.67. The third-order valence-corrected chi connectivity index (χ3v) is 5.14. The zero-order valence-electron chi connectivity index (χ0n) is 15.5. The van der Waals surface area contributed by atoms with E-state index in [0.29, 0.717) is 19.8 Å². The van der Waals surface area contributed by atoms with Crippen LogP contribution < -0.4 is 5.32 Å². The summed E-state index contributed by atoms with van der Waals surface area (Å²) >= 11 is 0. The fourth-order valence-corrected chi connectivity index (χ4v) is 3.81. The molecule has 1 heterocycles. The molecule has 1 saturated heterocycles. The van der Waals surface area contributed by atoms with Gasteiger partial charge in [0.1, 0.15) is 5.60 Å². The number of carbonyl (C=O) groups excluding carboxylic acids is 1. The van der Waals surface area contributed by atoms with Crippen LogP contribution in [0.3, 0.4) is 0 Å². The highest BCUT2D eigenvalue weighted by molar-refractivity contribution is 5.67. The zero-order valence-corrected chi connectivity index (χ0v) is 15.5. The number of nitrogens with one attached hydrogen (secondary N) is 1. The van der Waals surface area contributed by atoms with E-state index in [1.165, 1.54) is 5.56 Å². The standard InChI is InChI=1S/C20H29NO4/c1-18(2,3)25-17(22)21-15-19(16-7-5-4-6-8-16)9-11-20(12-10-19)23-13-14-24-20/h4-8H,9-15H2,1-3H3,(H,21,22). The van der Waals surface area contributed by atoms with Crippen LogP contribution in [0.15, 0.2) is 30.3 Å². The van der Waals surface area contributed by atoms with Crippen molar-refractivity contribution in [3.8, 4) is 0 Å². The summed E-state index contributed by atoms with van der Waals surface area (Å²) in [6.07, 6.45) is 3.14. The summed E-state index contributed by atoms with van der Waals surface area (Å²) in [5.41, 5.74) is 0.643. The minimum Gasteiger partial charge on any atom is -0.444 e. The molecule has 2 aliphatic rings. The van der Waals surface area contributed by atoms with Crippen molar-refractivity contribution >= 4 is 6.09 Å². The van der Waals surface area contributed by atoms with Crippen LogP contribution in [0.2, 0.25) is 0 Å². The van der Waals surface area contributed by atoms with E-state index >= 15 is 0 Å². The summed E-state index contributed by atoms with van der Waals surface area (Å²) in [5, 5.41) is 2.98. The normalized spacial score (nSPS) is 21.9. The summed E-state index contributed by atoms with van der Waals surface area (Å²) in [4.78, 5) is 12.1. The van der Waals surface area contributed by atoms with E-state index in [4.69, 9.17) is 14.2 Å². The molecule has 25 heavy (non-hydrogen) atoms. The zero-order chi connectivity index (χ0) is 18.0. The lowest BCUT2D eigenvalue weighted by Gasteiger charge is -2.44. The Labute approximate surface area is 150 Å². The fourth-order valence-electron chi connectivity index (χ4n) is 3.81. The highest BCUT2D eigenvalue weighted by Crippen LogP contribution is 2.46. The van der Waals surface area contributed by atoms with Gasteiger partial charge in [0, 0.05) is 24.8 Å². The van der Waals surface area contributed by atoms with Crippen molar-refractivity contribution in [3.63, 3.8) is 0 Å². The molecule has 0 aromatic heterocycles. The molecular weight excluding hydrogens is 318 g/mol. The lowest BCUT2D eigenvalue weighted by Crippen LogP contribution is -2.48. The molecule has 3 rings (SSSR count). The van der Waals surface area contributed by atoms with Gasteiger partial charge in [-0.15, -0.1) is 0 Å². The monoisotopic (exact) mass is 347 g/mol. The number of hydrogen-bond acceptors (Lipinski definition) is 4. The summed E-state index contributed by atoms with van der Waals surface area (Å²) in [6, 6.07) is 10.4. The fraction of sp³-hybridized carbons (Fsp3) is 0.650. The Balaban J connectivity index is 1.72. The van der Waals surface area contributed by atoms with Crippen LogP contribution in [-0.4, -0.2) is 37.2 Å². The van der Waals surface area contributed by atoms with E-state index in [2.05, 4.69) is 29.6 Å². The van der Waals surface area contributed by atoms with Gasteiger partial charge in [-0.25, -0.2) is 4.79 Å². The first-order valence-corrected chi connectivity index (χ1v) is 9.13. The molecule has 0 atom stereocenters. The molecule has 5 heteroatoms. The molecule has 138 valence electrons. The highest BCUT2D eigenvalue weighted by atomic mass is 16.7. The Morgan fingerprint density at radius 2 is 1.68 bits per heavy atom. The second-order valence-corrected chi connectivity index (χ2v) is 8.11. The van der Waals surface area contributed by atoms with Crippen molar-refractivity contribution in [1.82, 2.24) is 5.32 Å². The quantitative estimate of drug-likeness (QED) is 0.904. The van der Waals surface area contributed by atoms with E-state index in [0.717, 1.165) is 25.7 Å². The van der Waals surface area contributed by atoms with Crippen LogP contribution in [0.25, 0.3) is 0 Å². The molecule has 1 aromatic carbocycles. The van der Waals surface area contributed by atoms with Gasteiger partial charge in [0.2, 0.25) is 0 Å². The van der Waals surface area contributed by atoms with Crippen LogP contribution in [-0.2, 0) is 19.6 Å². The predicted octanol–water partition coefficient (Wildman–Crippen LogP) is 3.77. The third-order valence-electron chi connectivity index (χ3n) is 5.14. The summed E-state index contributed by atoms with van der Waals surface area (Å²) < 4.78 is 17.1. The molecule has 1 aliphatic carbocycles. The average molecular weight is 347 g/mol. The number of rotatable bonds is 3. The van der Waals surface area contributed by atoms with Crippen molar-refractivity contribution < 1.29 is 19.0 Å². The van der Waals surface area contributed by atoms with Crippen LogP contribution >= 0.6 is 0 Å². The number of amides is 1. The average Bonchev–Trinajstić information content (AvgIpc) is 3.03. The van der Waals surface area contributed by atoms with Gasteiger partial charge >= 0.3 is 6.09 Å². The molecule has 1 amide bonds.